The van der Waals surface area contributed by atoms with E-state index in [9.17, 15) is 24.6 Å². The van der Waals surface area contributed by atoms with E-state index in [4.69, 9.17) is 9.47 Å². The minimum Gasteiger partial charge on any atom is -0.461 e. The number of rotatable bonds is 9. The first-order chi connectivity index (χ1) is 18.3. The molecule has 1 spiro atoms. The first-order valence-electron chi connectivity index (χ1n) is 14.4. The van der Waals surface area contributed by atoms with Crippen LogP contribution >= 0.6 is 0 Å². The summed E-state index contributed by atoms with van der Waals surface area (Å²) in [6, 6.07) is 0. The van der Waals surface area contributed by atoms with Gasteiger partial charge >= 0.3 is 11.9 Å². The van der Waals surface area contributed by atoms with E-state index in [1.54, 1.807) is 31.2 Å². The molecule has 0 heterocycles. The number of ether oxygens (including phenoxy) is 2. The number of esters is 2. The molecular formula is C32H44O7. The number of unbranched alkanes of at least 4 members (excludes halogenated alkanes) is 3. The molecule has 2 bridgehead atoms. The van der Waals surface area contributed by atoms with Crippen LogP contribution in [0.1, 0.15) is 73.6 Å². The van der Waals surface area contributed by atoms with Crippen LogP contribution in [0.3, 0.4) is 0 Å². The molecule has 0 aromatic rings. The Morgan fingerprint density at radius 3 is 2.59 bits per heavy atom. The zero-order valence-corrected chi connectivity index (χ0v) is 24.1. The Balaban J connectivity index is 1.76. The molecule has 39 heavy (non-hydrogen) atoms. The van der Waals surface area contributed by atoms with Crippen LogP contribution < -0.4 is 0 Å². The lowest BCUT2D eigenvalue weighted by Gasteiger charge is -2.49. The summed E-state index contributed by atoms with van der Waals surface area (Å²) < 4.78 is 11.3. The van der Waals surface area contributed by atoms with Crippen LogP contribution in [0.2, 0.25) is 0 Å². The summed E-state index contributed by atoms with van der Waals surface area (Å²) in [7, 11) is 0. The molecule has 0 aliphatic heterocycles. The maximum absolute atomic E-state index is 14.5. The summed E-state index contributed by atoms with van der Waals surface area (Å²) in [5, 5.41) is 24.0. The zero-order valence-electron chi connectivity index (χ0n) is 24.1. The molecule has 7 heteroatoms. The van der Waals surface area contributed by atoms with Gasteiger partial charge in [-0.1, -0.05) is 70.9 Å². The van der Waals surface area contributed by atoms with Gasteiger partial charge in [0.25, 0.3) is 0 Å². The van der Waals surface area contributed by atoms with Gasteiger partial charge in [-0.25, -0.2) is 4.79 Å². The molecule has 2 saturated carbocycles. The van der Waals surface area contributed by atoms with Gasteiger partial charge in [0.1, 0.15) is 12.7 Å². The average molecular weight is 541 g/mol. The molecule has 4 rings (SSSR count). The van der Waals surface area contributed by atoms with Gasteiger partial charge in [-0.3, -0.25) is 9.59 Å². The molecule has 2 fully saturated rings. The third-order valence-corrected chi connectivity index (χ3v) is 9.85. The number of ketones is 1. The van der Waals surface area contributed by atoms with Crippen molar-refractivity contribution in [1.29, 1.82) is 0 Å². The normalized spacial score (nSPS) is 38.4. The molecule has 2 N–H and O–H groups in total. The highest BCUT2D eigenvalue weighted by atomic mass is 16.6. The third-order valence-electron chi connectivity index (χ3n) is 9.85. The van der Waals surface area contributed by atoms with Crippen molar-refractivity contribution in [2.24, 2.45) is 34.5 Å². The van der Waals surface area contributed by atoms with E-state index in [-0.39, 0.29) is 35.6 Å². The largest absolute Gasteiger partial charge is 0.461 e. The summed E-state index contributed by atoms with van der Waals surface area (Å²) in [5.41, 5.74) is -2.88. The summed E-state index contributed by atoms with van der Waals surface area (Å²) in [6.45, 7) is 11.1. The van der Waals surface area contributed by atoms with Gasteiger partial charge < -0.3 is 19.7 Å². The van der Waals surface area contributed by atoms with E-state index in [1.807, 2.05) is 13.0 Å². The summed E-state index contributed by atoms with van der Waals surface area (Å²) >= 11 is 0. The van der Waals surface area contributed by atoms with Gasteiger partial charge in [0, 0.05) is 24.5 Å². The first kappa shape index (κ1) is 29.5. The van der Waals surface area contributed by atoms with Crippen molar-refractivity contribution in [3.8, 4) is 0 Å². The average Bonchev–Trinajstić information content (AvgIpc) is 3.38. The number of carbonyl (C=O) groups is 3. The van der Waals surface area contributed by atoms with Gasteiger partial charge in [-0.2, -0.15) is 0 Å². The van der Waals surface area contributed by atoms with Crippen molar-refractivity contribution in [2.75, 3.05) is 6.61 Å². The highest BCUT2D eigenvalue weighted by Gasteiger charge is 2.76. The smallest absolute Gasteiger partial charge is 0.331 e. The van der Waals surface area contributed by atoms with Crippen LogP contribution in [0.15, 0.2) is 47.6 Å². The Kier molecular flexibility index (Phi) is 8.17. The molecule has 4 aliphatic carbocycles. The zero-order chi connectivity index (χ0) is 28.8. The number of hydrogen-bond donors (Lipinski definition) is 2. The Morgan fingerprint density at radius 2 is 1.92 bits per heavy atom. The van der Waals surface area contributed by atoms with Crippen molar-refractivity contribution >= 4 is 17.7 Å². The van der Waals surface area contributed by atoms with Crippen molar-refractivity contribution in [3.63, 3.8) is 0 Å². The Bertz CT molecular complexity index is 1130. The maximum atomic E-state index is 14.5. The molecule has 214 valence electrons. The molecule has 0 saturated heterocycles. The Hall–Kier alpha value is -2.51. The molecule has 0 aromatic heterocycles. The third kappa shape index (κ3) is 4.76. The summed E-state index contributed by atoms with van der Waals surface area (Å²) in [6.07, 6.45) is 12.2. The Morgan fingerprint density at radius 1 is 1.21 bits per heavy atom. The van der Waals surface area contributed by atoms with E-state index in [2.05, 4.69) is 20.8 Å². The molecule has 0 amide bonds. The quantitative estimate of drug-likeness (QED) is 0.144. The summed E-state index contributed by atoms with van der Waals surface area (Å²) in [4.78, 5) is 39.4. The lowest BCUT2D eigenvalue weighted by Crippen LogP contribution is -2.66. The van der Waals surface area contributed by atoms with Crippen LogP contribution in [0, 0.1) is 34.5 Å². The lowest BCUT2D eigenvalue weighted by atomic mass is 9.59. The fourth-order valence-corrected chi connectivity index (χ4v) is 7.72. The molecule has 0 radical (unpaired) electrons. The van der Waals surface area contributed by atoms with Crippen molar-refractivity contribution in [3.05, 3.63) is 47.6 Å². The molecule has 0 aromatic carbocycles. The fourth-order valence-electron chi connectivity index (χ4n) is 7.72. The number of allylic oxidation sites excluding steroid dienone is 4. The van der Waals surface area contributed by atoms with E-state index in [0.717, 1.165) is 25.7 Å². The Labute approximate surface area is 232 Å². The SMILES string of the molecule is CCCCC/C=C/C=C/C(=O)O[C@@H]1C(COC(C)=O)=C[C@@H]2C(=O)C3(C=C(C)[C@H](O)[C@@]13O)[C@H](C)C[C@@H]1[C@H]2C1(C)C. The van der Waals surface area contributed by atoms with Crippen LogP contribution in [0.5, 0.6) is 0 Å². The van der Waals surface area contributed by atoms with Gasteiger partial charge in [0.05, 0.1) is 5.41 Å². The second-order valence-corrected chi connectivity index (χ2v) is 12.6. The highest BCUT2D eigenvalue weighted by molar-refractivity contribution is 5.95. The monoisotopic (exact) mass is 540 g/mol. The van der Waals surface area contributed by atoms with Crippen molar-refractivity contribution in [2.45, 2.75) is 91.5 Å². The molecule has 8 atom stereocenters. The van der Waals surface area contributed by atoms with E-state index < -0.39 is 41.1 Å². The highest BCUT2D eigenvalue weighted by Crippen LogP contribution is 2.71. The standard InChI is InChI=1S/C32H44O7/c1-7-8-9-10-11-12-13-14-25(34)39-29-22(18-38-21(4)33)16-23-26-24(30(26,5)6)15-20(3)31(28(23)36)17-19(2)27(35)32(29,31)37/h11-14,16-17,20,23-24,26-27,29,35,37H,7-10,15,18H2,1-6H3/b12-11+,14-13+/t20-,23+,24-,26+,27+,29-,31?,32-/m1/s1. The van der Waals surface area contributed by atoms with Gasteiger partial charge in [-0.05, 0) is 54.9 Å². The number of fused-ring (bicyclic) bond motifs is 3. The second kappa shape index (κ2) is 10.8. The van der Waals surface area contributed by atoms with E-state index >= 15 is 0 Å². The molecule has 1 unspecified atom stereocenters. The van der Waals surface area contributed by atoms with Crippen molar-refractivity contribution < 1.29 is 34.1 Å². The van der Waals surface area contributed by atoms with Crippen molar-refractivity contribution in [1.82, 2.24) is 0 Å². The number of carbonyl (C=O) groups excluding carboxylic acids is 3. The molecule has 4 aliphatic rings. The first-order valence-corrected chi connectivity index (χ1v) is 14.4. The van der Waals surface area contributed by atoms with Gasteiger partial charge in [0.2, 0.25) is 0 Å². The van der Waals surface area contributed by atoms with Crippen LogP contribution in [0.25, 0.3) is 0 Å². The topological polar surface area (TPSA) is 110 Å². The minimum atomic E-state index is -2.14. The van der Waals surface area contributed by atoms with Crippen LogP contribution in [-0.2, 0) is 23.9 Å². The number of aliphatic hydroxyl groups excluding tert-OH is 1. The van der Waals surface area contributed by atoms with Crippen LogP contribution in [-0.4, -0.2) is 52.4 Å². The molecule has 7 nitrogen and oxygen atoms in total. The van der Waals surface area contributed by atoms with Gasteiger partial charge in [0.15, 0.2) is 17.5 Å². The lowest BCUT2D eigenvalue weighted by molar-refractivity contribution is -0.202. The van der Waals surface area contributed by atoms with Crippen LogP contribution in [0.4, 0.5) is 0 Å². The number of aliphatic hydroxyl groups is 2. The molecular weight excluding hydrogens is 496 g/mol. The second-order valence-electron chi connectivity index (χ2n) is 12.6. The predicted octanol–water partition coefficient (Wildman–Crippen LogP) is 4.63. The van der Waals surface area contributed by atoms with Gasteiger partial charge in [-0.15, -0.1) is 0 Å². The number of Topliss-reactive ketones (excluding diaryl/α,β-unsaturated/α-hetero) is 1. The van der Waals surface area contributed by atoms with E-state index in [1.165, 1.54) is 13.0 Å². The predicted molar refractivity (Wildman–Crippen MR) is 147 cm³/mol. The summed E-state index contributed by atoms with van der Waals surface area (Å²) in [5.74, 6) is -1.98. The maximum Gasteiger partial charge on any atom is 0.331 e. The van der Waals surface area contributed by atoms with E-state index in [0.29, 0.717) is 17.6 Å². The fraction of sp³-hybridized carbons (Fsp3) is 0.656. The number of hydrogen-bond acceptors (Lipinski definition) is 7. The minimum absolute atomic E-state index is 0.0436.